The minimum absolute atomic E-state index is 0.0536. The van der Waals surface area contributed by atoms with E-state index < -0.39 is 0 Å². The topological polar surface area (TPSA) is 30.3 Å². The third-order valence-corrected chi connectivity index (χ3v) is 4.69. The molecule has 0 bridgehead atoms. The zero-order chi connectivity index (χ0) is 16.5. The molecular weight excluding hydrogens is 298 g/mol. The monoisotopic (exact) mass is 321 g/mol. The van der Waals surface area contributed by atoms with Crippen molar-refractivity contribution in [3.63, 3.8) is 0 Å². The van der Waals surface area contributed by atoms with Crippen LogP contribution in [0.1, 0.15) is 23.2 Å². The van der Waals surface area contributed by atoms with Crippen LogP contribution in [0.15, 0.2) is 48.7 Å². The summed E-state index contributed by atoms with van der Waals surface area (Å²) >= 11 is 0. The second-order valence-electron chi connectivity index (χ2n) is 6.63. The number of hydrogen-bond acceptors (Lipinski definition) is 3. The molecule has 1 fully saturated rings. The van der Waals surface area contributed by atoms with Crippen molar-refractivity contribution >= 4 is 10.8 Å². The number of imidazole rings is 1. The molecule has 1 atom stereocenters. The first-order chi connectivity index (χ1) is 11.7. The molecule has 2 heterocycles. The predicted molar refractivity (Wildman–Crippen MR) is 95.9 cm³/mol. The van der Waals surface area contributed by atoms with Gasteiger partial charge in [0, 0.05) is 32.9 Å². The maximum atomic E-state index is 5.97. The van der Waals surface area contributed by atoms with E-state index in [1.54, 1.807) is 0 Å². The number of rotatable bonds is 3. The van der Waals surface area contributed by atoms with Gasteiger partial charge in [-0.2, -0.15) is 0 Å². The zero-order valence-electron chi connectivity index (χ0n) is 14.3. The van der Waals surface area contributed by atoms with Crippen molar-refractivity contribution in [3.8, 4) is 0 Å². The number of aromatic nitrogens is 2. The Hall–Kier alpha value is -2.17. The number of aryl methyl sites for hydroxylation is 2. The van der Waals surface area contributed by atoms with E-state index >= 15 is 0 Å². The molecule has 4 rings (SSSR count). The van der Waals surface area contributed by atoms with Gasteiger partial charge in [0.15, 0.2) is 0 Å². The summed E-state index contributed by atoms with van der Waals surface area (Å²) in [6.07, 6.45) is 2.11. The number of nitrogens with zero attached hydrogens (tertiary/aromatic N) is 3. The van der Waals surface area contributed by atoms with Crippen molar-refractivity contribution in [2.24, 2.45) is 7.05 Å². The smallest absolute Gasteiger partial charge is 0.139 e. The van der Waals surface area contributed by atoms with Crippen LogP contribution in [0.4, 0.5) is 0 Å². The molecule has 1 saturated heterocycles. The van der Waals surface area contributed by atoms with Crippen LogP contribution < -0.4 is 0 Å². The Bertz CT molecular complexity index is 855. The Labute approximate surface area is 142 Å². The van der Waals surface area contributed by atoms with Crippen LogP contribution in [-0.4, -0.2) is 34.1 Å². The molecule has 0 saturated carbocycles. The van der Waals surface area contributed by atoms with E-state index in [0.717, 1.165) is 37.8 Å². The summed E-state index contributed by atoms with van der Waals surface area (Å²) in [5.41, 5.74) is 2.40. The number of benzene rings is 2. The van der Waals surface area contributed by atoms with E-state index in [9.17, 15) is 0 Å². The maximum Gasteiger partial charge on any atom is 0.139 e. The first-order valence-corrected chi connectivity index (χ1v) is 8.50. The summed E-state index contributed by atoms with van der Waals surface area (Å²) in [6.45, 7) is 5.58. The van der Waals surface area contributed by atoms with Crippen molar-refractivity contribution in [1.82, 2.24) is 14.5 Å². The third-order valence-electron chi connectivity index (χ3n) is 4.69. The van der Waals surface area contributed by atoms with Crippen LogP contribution in [0.5, 0.6) is 0 Å². The Kier molecular flexibility index (Phi) is 4.08. The van der Waals surface area contributed by atoms with Gasteiger partial charge in [0.25, 0.3) is 0 Å². The van der Waals surface area contributed by atoms with Crippen LogP contribution in [0.3, 0.4) is 0 Å². The fourth-order valence-electron chi connectivity index (χ4n) is 3.53. The lowest BCUT2D eigenvalue weighted by Crippen LogP contribution is -2.38. The van der Waals surface area contributed by atoms with Crippen LogP contribution >= 0.6 is 0 Å². The van der Waals surface area contributed by atoms with Crippen molar-refractivity contribution in [2.75, 3.05) is 19.7 Å². The standard InChI is InChI=1S/C20H23N3O/c1-15-12-22(2)20(21-15)19-14-23(9-10-24-19)13-16-7-8-17-5-3-4-6-18(17)11-16/h3-8,11-12,19H,9-10,13-14H2,1-2H3/t19-/m0/s1. The molecule has 0 radical (unpaired) electrons. The quantitative estimate of drug-likeness (QED) is 0.740. The SMILES string of the molecule is Cc1cn(C)c([C@@H]2CN(Cc3ccc4ccccc4c3)CCO2)n1. The highest BCUT2D eigenvalue weighted by atomic mass is 16.5. The molecule has 0 amide bonds. The number of hydrogen-bond donors (Lipinski definition) is 0. The van der Waals surface area contributed by atoms with Crippen molar-refractivity contribution in [1.29, 1.82) is 0 Å². The molecule has 3 aromatic rings. The van der Waals surface area contributed by atoms with E-state index in [-0.39, 0.29) is 6.10 Å². The van der Waals surface area contributed by atoms with E-state index in [1.807, 2.05) is 14.0 Å². The lowest BCUT2D eigenvalue weighted by Gasteiger charge is -2.32. The van der Waals surface area contributed by atoms with Gasteiger partial charge in [0.2, 0.25) is 0 Å². The van der Waals surface area contributed by atoms with Crippen LogP contribution in [0.25, 0.3) is 10.8 Å². The van der Waals surface area contributed by atoms with E-state index in [0.29, 0.717) is 0 Å². The second kappa shape index (κ2) is 6.38. The molecule has 0 N–H and O–H groups in total. The summed E-state index contributed by atoms with van der Waals surface area (Å²) in [7, 11) is 2.04. The van der Waals surface area contributed by atoms with Gasteiger partial charge < -0.3 is 9.30 Å². The Morgan fingerprint density at radius 2 is 2.00 bits per heavy atom. The molecular formula is C20H23N3O. The average Bonchev–Trinajstić information content (AvgIpc) is 2.93. The molecule has 0 spiro atoms. The van der Waals surface area contributed by atoms with Crippen LogP contribution in [-0.2, 0) is 18.3 Å². The Balaban J connectivity index is 1.50. The largest absolute Gasteiger partial charge is 0.368 e. The number of morpholine rings is 1. The van der Waals surface area contributed by atoms with Gasteiger partial charge in [-0.25, -0.2) is 4.98 Å². The molecule has 1 aliphatic heterocycles. The lowest BCUT2D eigenvalue weighted by molar-refractivity contribution is -0.0384. The maximum absolute atomic E-state index is 5.97. The van der Waals surface area contributed by atoms with Crippen LogP contribution in [0, 0.1) is 6.92 Å². The first kappa shape index (κ1) is 15.4. The minimum Gasteiger partial charge on any atom is -0.368 e. The molecule has 0 unspecified atom stereocenters. The van der Waals surface area contributed by atoms with Crippen molar-refractivity contribution in [2.45, 2.75) is 19.6 Å². The Morgan fingerprint density at radius 1 is 1.17 bits per heavy atom. The Morgan fingerprint density at radius 3 is 2.79 bits per heavy atom. The van der Waals surface area contributed by atoms with E-state index in [2.05, 4.69) is 63.1 Å². The van der Waals surface area contributed by atoms with Gasteiger partial charge in [0.05, 0.1) is 12.3 Å². The highest BCUT2D eigenvalue weighted by molar-refractivity contribution is 5.82. The molecule has 4 nitrogen and oxygen atoms in total. The highest BCUT2D eigenvalue weighted by Gasteiger charge is 2.25. The van der Waals surface area contributed by atoms with Crippen molar-refractivity contribution < 1.29 is 4.74 Å². The molecule has 2 aromatic carbocycles. The fourth-order valence-corrected chi connectivity index (χ4v) is 3.53. The normalized spacial score (nSPS) is 19.0. The molecule has 0 aliphatic carbocycles. The lowest BCUT2D eigenvalue weighted by atomic mass is 10.1. The van der Waals surface area contributed by atoms with Gasteiger partial charge in [-0.05, 0) is 29.3 Å². The molecule has 1 aromatic heterocycles. The molecule has 124 valence electrons. The van der Waals surface area contributed by atoms with Gasteiger partial charge in [-0.1, -0.05) is 36.4 Å². The van der Waals surface area contributed by atoms with Gasteiger partial charge >= 0.3 is 0 Å². The summed E-state index contributed by atoms with van der Waals surface area (Å²) in [4.78, 5) is 7.09. The average molecular weight is 321 g/mol. The molecule has 1 aliphatic rings. The molecule has 4 heteroatoms. The van der Waals surface area contributed by atoms with E-state index in [1.165, 1.54) is 16.3 Å². The van der Waals surface area contributed by atoms with Gasteiger partial charge in [0.1, 0.15) is 11.9 Å². The third kappa shape index (κ3) is 3.07. The second-order valence-corrected chi connectivity index (χ2v) is 6.63. The zero-order valence-corrected chi connectivity index (χ0v) is 14.3. The predicted octanol–water partition coefficient (Wildman–Crippen LogP) is 3.46. The minimum atomic E-state index is 0.0536. The summed E-state index contributed by atoms with van der Waals surface area (Å²) in [6, 6.07) is 15.3. The summed E-state index contributed by atoms with van der Waals surface area (Å²) in [5.74, 6) is 1.02. The summed E-state index contributed by atoms with van der Waals surface area (Å²) < 4.78 is 8.05. The summed E-state index contributed by atoms with van der Waals surface area (Å²) in [5, 5.41) is 2.60. The fraction of sp³-hybridized carbons (Fsp3) is 0.350. The molecule has 24 heavy (non-hydrogen) atoms. The van der Waals surface area contributed by atoms with E-state index in [4.69, 9.17) is 4.74 Å². The first-order valence-electron chi connectivity index (χ1n) is 8.50. The number of ether oxygens (including phenoxy) is 1. The van der Waals surface area contributed by atoms with Gasteiger partial charge in [-0.3, -0.25) is 4.90 Å². The number of fused-ring (bicyclic) bond motifs is 1. The van der Waals surface area contributed by atoms with Crippen molar-refractivity contribution in [3.05, 3.63) is 65.7 Å². The van der Waals surface area contributed by atoms with Crippen LogP contribution in [0.2, 0.25) is 0 Å². The van der Waals surface area contributed by atoms with Gasteiger partial charge in [-0.15, -0.1) is 0 Å². The highest BCUT2D eigenvalue weighted by Crippen LogP contribution is 2.23.